The van der Waals surface area contributed by atoms with E-state index in [1.54, 1.807) is 0 Å². The van der Waals surface area contributed by atoms with Gasteiger partial charge in [0.1, 0.15) is 5.82 Å². The Hall–Kier alpha value is -1.73. The van der Waals surface area contributed by atoms with Crippen molar-refractivity contribution in [1.29, 1.82) is 0 Å². The maximum absolute atomic E-state index is 13.7. The molecule has 1 saturated heterocycles. The smallest absolute Gasteiger partial charge is 0.328 e. The number of hydrogen-bond donors (Lipinski definition) is 1. The van der Waals surface area contributed by atoms with Crippen LogP contribution in [0, 0.1) is 5.82 Å². The minimum Gasteiger partial charge on any atom is -0.478 e. The van der Waals surface area contributed by atoms with E-state index in [9.17, 15) is 17.6 Å². The molecule has 0 saturated carbocycles. The molecule has 1 aliphatic heterocycles. The largest absolute Gasteiger partial charge is 0.478 e. The van der Waals surface area contributed by atoms with E-state index in [1.807, 2.05) is 0 Å². The lowest BCUT2D eigenvalue weighted by atomic mass is 10.1. The molecular formula is C13H14FNO4S. The molecule has 1 fully saturated rings. The lowest BCUT2D eigenvalue weighted by Crippen LogP contribution is -2.25. The predicted molar refractivity (Wildman–Crippen MR) is 71.9 cm³/mol. The first-order chi connectivity index (χ1) is 9.38. The molecule has 0 radical (unpaired) electrons. The van der Waals surface area contributed by atoms with E-state index in [0.717, 1.165) is 6.08 Å². The Morgan fingerprint density at radius 1 is 1.45 bits per heavy atom. The quantitative estimate of drug-likeness (QED) is 0.854. The van der Waals surface area contributed by atoms with Gasteiger partial charge in [-0.25, -0.2) is 17.6 Å². The van der Waals surface area contributed by atoms with E-state index in [0.29, 0.717) is 18.5 Å². The van der Waals surface area contributed by atoms with Gasteiger partial charge in [0.15, 0.2) is 0 Å². The Morgan fingerprint density at radius 2 is 2.20 bits per heavy atom. The van der Waals surface area contributed by atoms with Crippen molar-refractivity contribution in [2.24, 2.45) is 0 Å². The molecule has 0 aliphatic carbocycles. The Kier molecular flexibility index (Phi) is 4.20. The first kappa shape index (κ1) is 14.7. The fraction of sp³-hybridized carbons (Fsp3) is 0.308. The van der Waals surface area contributed by atoms with E-state index in [2.05, 4.69) is 0 Å². The molecule has 108 valence electrons. The second kappa shape index (κ2) is 5.72. The van der Waals surface area contributed by atoms with Crippen molar-refractivity contribution in [1.82, 2.24) is 4.31 Å². The van der Waals surface area contributed by atoms with Gasteiger partial charge >= 0.3 is 5.97 Å². The number of rotatable bonds is 4. The van der Waals surface area contributed by atoms with Crippen LogP contribution in [0.3, 0.4) is 0 Å². The fourth-order valence-corrected chi connectivity index (χ4v) is 3.54. The normalized spacial score (nSPS) is 18.6. The average molecular weight is 299 g/mol. The zero-order valence-electron chi connectivity index (χ0n) is 10.6. The number of carboxylic acid groups (broad SMARTS) is 1. The summed E-state index contributed by atoms with van der Waals surface area (Å²) < 4.78 is 38.3. The van der Waals surface area contributed by atoms with Crippen molar-refractivity contribution >= 4 is 22.1 Å². The second-order valence-corrected chi connectivity index (χ2v) is 6.61. The first-order valence-electron chi connectivity index (χ1n) is 6.06. The summed E-state index contributed by atoms with van der Waals surface area (Å²) in [4.78, 5) is 10.4. The molecule has 2 rings (SSSR count). The Balaban J connectivity index is 2.23. The first-order valence-corrected chi connectivity index (χ1v) is 7.67. The lowest BCUT2D eigenvalue weighted by Gasteiger charge is -2.15. The van der Waals surface area contributed by atoms with Crippen LogP contribution in [0.5, 0.6) is 0 Å². The third-order valence-corrected chi connectivity index (χ3v) is 4.94. The van der Waals surface area contributed by atoms with Crippen molar-refractivity contribution in [2.75, 3.05) is 12.3 Å². The summed E-state index contributed by atoms with van der Waals surface area (Å²) in [7, 11) is -3.29. The number of sulfonamides is 1. The highest BCUT2D eigenvalue weighted by Gasteiger charge is 2.28. The van der Waals surface area contributed by atoms with Gasteiger partial charge in [-0.1, -0.05) is 6.07 Å². The summed E-state index contributed by atoms with van der Waals surface area (Å²) in [5.41, 5.74) is 0.753. The molecule has 0 amide bonds. The van der Waals surface area contributed by atoms with Crippen LogP contribution in [-0.2, 0) is 21.4 Å². The maximum atomic E-state index is 13.7. The third-order valence-electron chi connectivity index (χ3n) is 3.04. The van der Waals surface area contributed by atoms with Crippen LogP contribution in [0.15, 0.2) is 24.3 Å². The maximum Gasteiger partial charge on any atom is 0.328 e. The zero-order valence-corrected chi connectivity index (χ0v) is 11.4. The van der Waals surface area contributed by atoms with E-state index in [-0.39, 0.29) is 17.9 Å². The number of hydrogen-bond acceptors (Lipinski definition) is 3. The van der Waals surface area contributed by atoms with E-state index >= 15 is 0 Å². The average Bonchev–Trinajstić information content (AvgIpc) is 2.69. The molecule has 20 heavy (non-hydrogen) atoms. The molecule has 7 heteroatoms. The van der Waals surface area contributed by atoms with Crippen molar-refractivity contribution in [3.8, 4) is 0 Å². The molecule has 0 bridgehead atoms. The molecule has 0 aromatic heterocycles. The highest BCUT2D eigenvalue weighted by molar-refractivity contribution is 7.89. The molecule has 0 spiro atoms. The van der Waals surface area contributed by atoms with Crippen molar-refractivity contribution in [2.45, 2.75) is 13.0 Å². The highest BCUT2D eigenvalue weighted by Crippen LogP contribution is 2.20. The molecule has 5 nitrogen and oxygen atoms in total. The highest BCUT2D eigenvalue weighted by atomic mass is 32.2. The summed E-state index contributed by atoms with van der Waals surface area (Å²) in [6.45, 7) is 0.361. The summed E-state index contributed by atoms with van der Waals surface area (Å²) in [6.07, 6.45) is 2.83. The van der Waals surface area contributed by atoms with Gasteiger partial charge in [0.05, 0.1) is 5.75 Å². The standard InChI is InChI=1S/C13H14FNO4S/c14-12-4-2-10(3-5-13(16)17)8-11(12)9-15-6-1-7-20(15,18)19/h2-5,8H,1,6-7,9H2,(H,16,17). The van der Waals surface area contributed by atoms with Gasteiger partial charge in [-0.2, -0.15) is 4.31 Å². The molecule has 0 unspecified atom stereocenters. The monoisotopic (exact) mass is 299 g/mol. The number of nitrogens with zero attached hydrogens (tertiary/aromatic N) is 1. The van der Waals surface area contributed by atoms with Gasteiger partial charge in [0, 0.05) is 24.7 Å². The van der Waals surface area contributed by atoms with Crippen LogP contribution < -0.4 is 0 Å². The van der Waals surface area contributed by atoms with Gasteiger partial charge in [0.2, 0.25) is 10.0 Å². The SMILES string of the molecule is O=C(O)C=Cc1ccc(F)c(CN2CCCS2(=O)=O)c1. The molecule has 1 aliphatic rings. The summed E-state index contributed by atoms with van der Waals surface area (Å²) >= 11 is 0. The van der Waals surface area contributed by atoms with Gasteiger partial charge in [-0.05, 0) is 30.2 Å². The molecule has 1 heterocycles. The Morgan fingerprint density at radius 3 is 2.80 bits per heavy atom. The van der Waals surface area contributed by atoms with Crippen molar-refractivity contribution in [3.63, 3.8) is 0 Å². The fourth-order valence-electron chi connectivity index (χ4n) is 2.05. The van der Waals surface area contributed by atoms with Gasteiger partial charge < -0.3 is 5.11 Å². The number of carbonyl (C=O) groups is 1. The Labute approximate surface area is 116 Å². The minimum absolute atomic E-state index is 0.0249. The van der Waals surface area contributed by atoms with Gasteiger partial charge in [-0.15, -0.1) is 0 Å². The van der Waals surface area contributed by atoms with Crippen molar-refractivity contribution < 1.29 is 22.7 Å². The molecule has 1 N–H and O–H groups in total. The van der Waals surface area contributed by atoms with Crippen LogP contribution >= 0.6 is 0 Å². The number of benzene rings is 1. The molecule has 0 atom stereocenters. The van der Waals surface area contributed by atoms with E-state index in [1.165, 1.54) is 28.6 Å². The third kappa shape index (κ3) is 3.43. The molecular weight excluding hydrogens is 285 g/mol. The Bertz CT molecular complexity index is 654. The van der Waals surface area contributed by atoms with Crippen LogP contribution in [0.25, 0.3) is 6.08 Å². The molecule has 1 aromatic carbocycles. The van der Waals surface area contributed by atoms with Crippen molar-refractivity contribution in [3.05, 3.63) is 41.2 Å². The topological polar surface area (TPSA) is 74.7 Å². The number of aliphatic carboxylic acids is 1. The number of halogens is 1. The van der Waals surface area contributed by atoms with Gasteiger partial charge in [-0.3, -0.25) is 0 Å². The second-order valence-electron chi connectivity index (χ2n) is 4.53. The van der Waals surface area contributed by atoms with E-state index in [4.69, 9.17) is 5.11 Å². The summed E-state index contributed by atoms with van der Waals surface area (Å²) in [5.74, 6) is -1.51. The lowest BCUT2D eigenvalue weighted by molar-refractivity contribution is -0.131. The van der Waals surface area contributed by atoms with Gasteiger partial charge in [0.25, 0.3) is 0 Å². The van der Waals surface area contributed by atoms with Crippen LogP contribution in [0.4, 0.5) is 4.39 Å². The van der Waals surface area contributed by atoms with Crippen LogP contribution in [-0.4, -0.2) is 36.1 Å². The zero-order chi connectivity index (χ0) is 14.8. The van der Waals surface area contributed by atoms with E-state index < -0.39 is 21.8 Å². The van der Waals surface area contributed by atoms with Crippen LogP contribution in [0.2, 0.25) is 0 Å². The summed E-state index contributed by atoms with van der Waals surface area (Å²) in [6, 6.07) is 4.11. The van der Waals surface area contributed by atoms with Crippen LogP contribution in [0.1, 0.15) is 17.5 Å². The minimum atomic E-state index is -3.29. The predicted octanol–water partition coefficient (Wildman–Crippen LogP) is 1.46. The number of carboxylic acids is 1. The summed E-state index contributed by atoms with van der Waals surface area (Å²) in [5, 5.41) is 8.55. The molecule has 1 aromatic rings.